The molecule has 0 aliphatic heterocycles. The minimum Gasteiger partial charge on any atom is -0.155 e. The molecule has 2 saturated carbocycles. The van der Waals surface area contributed by atoms with Crippen LogP contribution in [0.3, 0.4) is 0 Å². The first-order chi connectivity index (χ1) is 7.78. The second kappa shape index (κ2) is 6.68. The van der Waals surface area contributed by atoms with E-state index in [2.05, 4.69) is 34.6 Å². The van der Waals surface area contributed by atoms with Gasteiger partial charge in [0.05, 0.1) is 0 Å². The molecule has 2 aliphatic carbocycles. The van der Waals surface area contributed by atoms with Gasteiger partial charge in [-0.2, -0.15) is 11.8 Å². The van der Waals surface area contributed by atoms with E-state index in [1.807, 2.05) is 0 Å². The highest BCUT2D eigenvalue weighted by molar-refractivity contribution is 9.09. The Morgan fingerprint density at radius 3 is 1.88 bits per heavy atom. The molecule has 0 unspecified atom stereocenters. The summed E-state index contributed by atoms with van der Waals surface area (Å²) in [6.07, 6.45) is 13.1. The molecular weight excluding hydrogens is 280 g/mol. The number of thioether (sulfide) groups is 1. The van der Waals surface area contributed by atoms with Crippen molar-refractivity contribution in [2.75, 3.05) is 0 Å². The Kier molecular flexibility index (Phi) is 5.54. The van der Waals surface area contributed by atoms with Crippen molar-refractivity contribution in [1.29, 1.82) is 0 Å². The van der Waals surface area contributed by atoms with Crippen molar-refractivity contribution in [3.05, 3.63) is 0 Å². The average molecular weight is 305 g/mol. The predicted octanol–water partition coefficient (Wildman–Crippen LogP) is 5.39. The topological polar surface area (TPSA) is 0 Å². The zero-order valence-electron chi connectivity index (χ0n) is 10.5. The first kappa shape index (κ1) is 13.3. The molecular formula is C14H25BrS. The summed E-state index contributed by atoms with van der Waals surface area (Å²) in [5.74, 6) is 1.05. The fraction of sp³-hybridized carbons (Fsp3) is 1.00. The van der Waals surface area contributed by atoms with Crippen molar-refractivity contribution in [3.63, 3.8) is 0 Å². The van der Waals surface area contributed by atoms with Gasteiger partial charge in [-0.05, 0) is 57.3 Å². The van der Waals surface area contributed by atoms with E-state index in [1.165, 1.54) is 57.8 Å². The normalized spacial score (nSPS) is 40.9. The fourth-order valence-corrected chi connectivity index (χ4v) is 5.27. The summed E-state index contributed by atoms with van der Waals surface area (Å²) >= 11 is 6.08. The molecule has 0 nitrogen and oxygen atoms in total. The Hall–Kier alpha value is 0.830. The van der Waals surface area contributed by atoms with Crippen molar-refractivity contribution in [3.8, 4) is 0 Å². The highest BCUT2D eigenvalue weighted by Crippen LogP contribution is 2.40. The van der Waals surface area contributed by atoms with Gasteiger partial charge in [-0.15, -0.1) is 0 Å². The smallest absolute Gasteiger partial charge is 0.0146 e. The second-order valence-electron chi connectivity index (χ2n) is 5.56. The summed E-state index contributed by atoms with van der Waals surface area (Å²) in [4.78, 5) is 0.820. The Morgan fingerprint density at radius 1 is 0.875 bits per heavy atom. The molecule has 0 aromatic heterocycles. The summed E-state index contributed by atoms with van der Waals surface area (Å²) in [5.41, 5.74) is 0. The van der Waals surface area contributed by atoms with E-state index in [0.29, 0.717) is 0 Å². The quantitative estimate of drug-likeness (QED) is 0.630. The standard InChI is InChI=1S/C14H25BrS/c1-2-11-3-7-13(8-4-11)16-14-9-5-12(15)6-10-14/h11-14H,2-10H2,1H3. The molecule has 0 atom stereocenters. The van der Waals surface area contributed by atoms with Crippen LogP contribution in [-0.4, -0.2) is 15.3 Å². The van der Waals surface area contributed by atoms with Crippen molar-refractivity contribution >= 4 is 27.7 Å². The van der Waals surface area contributed by atoms with Gasteiger partial charge < -0.3 is 0 Å². The lowest BCUT2D eigenvalue weighted by Gasteiger charge is -2.32. The summed E-state index contributed by atoms with van der Waals surface area (Å²) in [6.45, 7) is 2.36. The lowest BCUT2D eigenvalue weighted by Crippen LogP contribution is -2.22. The maximum Gasteiger partial charge on any atom is 0.0146 e. The minimum absolute atomic E-state index is 0.820. The Morgan fingerprint density at radius 2 is 1.38 bits per heavy atom. The molecule has 0 heterocycles. The van der Waals surface area contributed by atoms with Crippen molar-refractivity contribution < 1.29 is 0 Å². The number of hydrogen-bond acceptors (Lipinski definition) is 1. The average Bonchev–Trinajstić information content (AvgIpc) is 2.33. The number of rotatable bonds is 3. The lowest BCUT2D eigenvalue weighted by atomic mass is 9.87. The van der Waals surface area contributed by atoms with Gasteiger partial charge in [0.15, 0.2) is 0 Å². The molecule has 2 rings (SSSR count). The van der Waals surface area contributed by atoms with Gasteiger partial charge in [-0.3, -0.25) is 0 Å². The van der Waals surface area contributed by atoms with Crippen LogP contribution in [0.15, 0.2) is 0 Å². The number of halogens is 1. The summed E-state index contributed by atoms with van der Waals surface area (Å²) in [6, 6.07) is 0. The van der Waals surface area contributed by atoms with Crippen LogP contribution >= 0.6 is 27.7 Å². The van der Waals surface area contributed by atoms with Crippen LogP contribution < -0.4 is 0 Å². The van der Waals surface area contributed by atoms with E-state index >= 15 is 0 Å². The molecule has 0 radical (unpaired) electrons. The Bertz CT molecular complexity index is 191. The molecule has 0 N–H and O–H groups in total. The molecule has 0 amide bonds. The minimum atomic E-state index is 0.820. The van der Waals surface area contributed by atoms with E-state index in [-0.39, 0.29) is 0 Å². The third kappa shape index (κ3) is 3.94. The number of hydrogen-bond donors (Lipinski definition) is 0. The first-order valence-electron chi connectivity index (χ1n) is 7.07. The molecule has 0 bridgehead atoms. The lowest BCUT2D eigenvalue weighted by molar-refractivity contribution is 0.355. The predicted molar refractivity (Wildman–Crippen MR) is 78.6 cm³/mol. The summed E-state index contributed by atoms with van der Waals surface area (Å²) < 4.78 is 0. The van der Waals surface area contributed by atoms with Crippen LogP contribution in [0.25, 0.3) is 0 Å². The van der Waals surface area contributed by atoms with Gasteiger partial charge in [0.25, 0.3) is 0 Å². The first-order valence-corrected chi connectivity index (χ1v) is 8.93. The van der Waals surface area contributed by atoms with Crippen molar-refractivity contribution in [2.24, 2.45) is 5.92 Å². The molecule has 0 saturated heterocycles. The van der Waals surface area contributed by atoms with E-state index in [0.717, 1.165) is 21.2 Å². The van der Waals surface area contributed by atoms with Crippen LogP contribution in [0.2, 0.25) is 0 Å². The molecule has 0 spiro atoms. The van der Waals surface area contributed by atoms with Gasteiger partial charge in [0.1, 0.15) is 0 Å². The largest absolute Gasteiger partial charge is 0.155 e. The van der Waals surface area contributed by atoms with Crippen LogP contribution in [0.4, 0.5) is 0 Å². The van der Waals surface area contributed by atoms with Crippen LogP contribution in [0, 0.1) is 5.92 Å². The molecule has 0 aromatic rings. The SMILES string of the molecule is CCC1CCC(SC2CCC(Br)CC2)CC1. The Labute approximate surface area is 113 Å². The van der Waals surface area contributed by atoms with E-state index < -0.39 is 0 Å². The zero-order valence-corrected chi connectivity index (χ0v) is 12.9. The van der Waals surface area contributed by atoms with Crippen molar-refractivity contribution in [2.45, 2.75) is 80.0 Å². The maximum atomic E-state index is 3.75. The molecule has 2 aliphatic rings. The third-order valence-electron chi connectivity index (χ3n) is 4.36. The van der Waals surface area contributed by atoms with Crippen LogP contribution in [-0.2, 0) is 0 Å². The summed E-state index contributed by atoms with van der Waals surface area (Å²) in [5, 5.41) is 1.98. The summed E-state index contributed by atoms with van der Waals surface area (Å²) in [7, 11) is 0. The monoisotopic (exact) mass is 304 g/mol. The van der Waals surface area contributed by atoms with Gasteiger partial charge in [-0.25, -0.2) is 0 Å². The maximum absolute atomic E-state index is 3.75. The van der Waals surface area contributed by atoms with Gasteiger partial charge in [-0.1, -0.05) is 29.3 Å². The van der Waals surface area contributed by atoms with Gasteiger partial charge >= 0.3 is 0 Å². The second-order valence-corrected chi connectivity index (χ2v) is 8.46. The molecule has 94 valence electrons. The van der Waals surface area contributed by atoms with Crippen molar-refractivity contribution in [1.82, 2.24) is 0 Å². The number of alkyl halides is 1. The van der Waals surface area contributed by atoms with Gasteiger partial charge in [0, 0.05) is 15.3 Å². The molecule has 0 aromatic carbocycles. The highest BCUT2D eigenvalue weighted by Gasteiger charge is 2.26. The van der Waals surface area contributed by atoms with E-state index in [4.69, 9.17) is 0 Å². The molecule has 16 heavy (non-hydrogen) atoms. The highest BCUT2D eigenvalue weighted by atomic mass is 79.9. The molecule has 2 heteroatoms. The third-order valence-corrected chi connectivity index (χ3v) is 6.99. The Balaban J connectivity index is 1.66. The molecule has 2 fully saturated rings. The van der Waals surface area contributed by atoms with Crippen LogP contribution in [0.5, 0.6) is 0 Å². The zero-order chi connectivity index (χ0) is 11.4. The van der Waals surface area contributed by atoms with Crippen LogP contribution in [0.1, 0.15) is 64.7 Å². The van der Waals surface area contributed by atoms with E-state index in [9.17, 15) is 0 Å². The fourth-order valence-electron chi connectivity index (χ4n) is 3.11. The van der Waals surface area contributed by atoms with Gasteiger partial charge in [0.2, 0.25) is 0 Å². The van der Waals surface area contributed by atoms with E-state index in [1.54, 1.807) is 0 Å².